The molecule has 1 atom stereocenters. The molecule has 0 aliphatic carbocycles. The van der Waals surface area contributed by atoms with Crippen molar-refractivity contribution in [2.75, 3.05) is 19.5 Å². The Bertz CT molecular complexity index is 1030. The quantitative estimate of drug-likeness (QED) is 0.712. The van der Waals surface area contributed by atoms with Gasteiger partial charge in [-0.3, -0.25) is 9.59 Å². The lowest BCUT2D eigenvalue weighted by atomic mass is 10.1. The summed E-state index contributed by atoms with van der Waals surface area (Å²) < 4.78 is 11.6. The van der Waals surface area contributed by atoms with Crippen LogP contribution in [0.3, 0.4) is 0 Å². The molecule has 0 saturated carbocycles. The van der Waals surface area contributed by atoms with Crippen molar-refractivity contribution in [3.63, 3.8) is 0 Å². The van der Waals surface area contributed by atoms with Crippen molar-refractivity contribution in [2.45, 2.75) is 13.0 Å². The molecule has 0 radical (unpaired) electrons. The van der Waals surface area contributed by atoms with Gasteiger partial charge in [-0.15, -0.1) is 0 Å². The maximum atomic E-state index is 12.7. The first kappa shape index (κ1) is 19.2. The SMILES string of the molecule is COc1ccc(-c2ccc(=O)n(C(C)C(=O)Nc3ccccc3OC)n2)cc1. The Balaban J connectivity index is 1.87. The van der Waals surface area contributed by atoms with E-state index in [1.807, 2.05) is 30.3 Å². The maximum Gasteiger partial charge on any atom is 0.267 e. The summed E-state index contributed by atoms with van der Waals surface area (Å²) in [6, 6.07) is 16.6. The summed E-state index contributed by atoms with van der Waals surface area (Å²) in [4.78, 5) is 25.0. The zero-order valence-electron chi connectivity index (χ0n) is 15.9. The van der Waals surface area contributed by atoms with Crippen LogP contribution in [0.5, 0.6) is 11.5 Å². The molecule has 3 aromatic rings. The first-order valence-electron chi connectivity index (χ1n) is 8.71. The molecule has 1 N–H and O–H groups in total. The van der Waals surface area contributed by atoms with Crippen molar-refractivity contribution < 1.29 is 14.3 Å². The number of carbonyl (C=O) groups is 1. The van der Waals surface area contributed by atoms with Crippen LogP contribution >= 0.6 is 0 Å². The highest BCUT2D eigenvalue weighted by Gasteiger charge is 2.19. The Kier molecular flexibility index (Phi) is 5.74. The smallest absolute Gasteiger partial charge is 0.267 e. The number of ether oxygens (including phenoxy) is 2. The van der Waals surface area contributed by atoms with Gasteiger partial charge in [-0.05, 0) is 49.4 Å². The molecule has 0 aliphatic rings. The predicted octanol–water partition coefficient (Wildman–Crippen LogP) is 3.13. The summed E-state index contributed by atoms with van der Waals surface area (Å²) in [6.45, 7) is 1.62. The van der Waals surface area contributed by atoms with Gasteiger partial charge in [-0.25, -0.2) is 4.68 Å². The van der Waals surface area contributed by atoms with Crippen molar-refractivity contribution in [1.29, 1.82) is 0 Å². The summed E-state index contributed by atoms with van der Waals surface area (Å²) in [5.74, 6) is 0.892. The van der Waals surface area contributed by atoms with Crippen LogP contribution in [-0.2, 0) is 4.79 Å². The average molecular weight is 379 g/mol. The zero-order chi connectivity index (χ0) is 20.1. The van der Waals surface area contributed by atoms with Crippen LogP contribution in [0.4, 0.5) is 5.69 Å². The number of aromatic nitrogens is 2. The number of anilines is 1. The van der Waals surface area contributed by atoms with E-state index in [0.717, 1.165) is 11.3 Å². The van der Waals surface area contributed by atoms with Gasteiger partial charge in [0.25, 0.3) is 5.56 Å². The van der Waals surface area contributed by atoms with E-state index in [1.54, 1.807) is 38.3 Å². The highest BCUT2D eigenvalue weighted by atomic mass is 16.5. The Labute approximate surface area is 162 Å². The van der Waals surface area contributed by atoms with Gasteiger partial charge >= 0.3 is 0 Å². The molecular weight excluding hydrogens is 358 g/mol. The van der Waals surface area contributed by atoms with Gasteiger partial charge in [0.2, 0.25) is 5.91 Å². The minimum absolute atomic E-state index is 0.361. The number of carbonyl (C=O) groups excluding carboxylic acids is 1. The van der Waals surface area contributed by atoms with Gasteiger partial charge in [0.05, 0.1) is 25.6 Å². The lowest BCUT2D eigenvalue weighted by Gasteiger charge is -2.16. The molecule has 1 heterocycles. The largest absolute Gasteiger partial charge is 0.497 e. The fourth-order valence-corrected chi connectivity index (χ4v) is 2.71. The molecule has 0 spiro atoms. The molecule has 1 unspecified atom stereocenters. The third-order valence-corrected chi connectivity index (χ3v) is 4.32. The highest BCUT2D eigenvalue weighted by Crippen LogP contribution is 2.24. The second-order valence-corrected chi connectivity index (χ2v) is 6.10. The van der Waals surface area contributed by atoms with E-state index in [-0.39, 0.29) is 11.5 Å². The number of methoxy groups -OCH3 is 2. The van der Waals surface area contributed by atoms with Crippen LogP contribution in [0.1, 0.15) is 13.0 Å². The van der Waals surface area contributed by atoms with E-state index in [2.05, 4.69) is 10.4 Å². The standard InChI is InChI=1S/C21H21N3O4/c1-14(21(26)22-18-6-4-5-7-19(18)28-3)24-20(25)13-12-17(23-24)15-8-10-16(27-2)11-9-15/h4-14H,1-3H3,(H,22,26). The van der Waals surface area contributed by atoms with Gasteiger partial charge in [-0.2, -0.15) is 5.10 Å². The third kappa shape index (κ3) is 4.03. The van der Waals surface area contributed by atoms with Gasteiger partial charge in [0.15, 0.2) is 0 Å². The number of hydrogen-bond donors (Lipinski definition) is 1. The van der Waals surface area contributed by atoms with E-state index in [0.29, 0.717) is 17.1 Å². The van der Waals surface area contributed by atoms with E-state index < -0.39 is 6.04 Å². The molecule has 0 aliphatic heterocycles. The Hall–Kier alpha value is -3.61. The number of nitrogens with one attached hydrogen (secondary N) is 1. The summed E-state index contributed by atoms with van der Waals surface area (Å²) in [5.41, 5.74) is 1.56. The molecular formula is C21H21N3O4. The molecule has 144 valence electrons. The number of nitrogens with zero attached hydrogens (tertiary/aromatic N) is 2. The predicted molar refractivity (Wildman–Crippen MR) is 107 cm³/mol. The molecule has 3 rings (SSSR count). The van der Waals surface area contributed by atoms with Crippen LogP contribution in [0.25, 0.3) is 11.3 Å². The van der Waals surface area contributed by atoms with E-state index in [4.69, 9.17) is 9.47 Å². The van der Waals surface area contributed by atoms with Crippen molar-refractivity contribution in [1.82, 2.24) is 9.78 Å². The number of rotatable bonds is 6. The fraction of sp³-hybridized carbons (Fsp3) is 0.190. The van der Waals surface area contributed by atoms with E-state index >= 15 is 0 Å². The van der Waals surface area contributed by atoms with Crippen LogP contribution < -0.4 is 20.3 Å². The first-order chi connectivity index (χ1) is 13.5. The molecule has 1 aromatic heterocycles. The Morgan fingerprint density at radius 1 is 1.00 bits per heavy atom. The third-order valence-electron chi connectivity index (χ3n) is 4.32. The van der Waals surface area contributed by atoms with E-state index in [1.165, 1.54) is 17.9 Å². The Morgan fingerprint density at radius 3 is 2.39 bits per heavy atom. The summed E-state index contributed by atoms with van der Waals surface area (Å²) in [6.07, 6.45) is 0. The summed E-state index contributed by atoms with van der Waals surface area (Å²) >= 11 is 0. The van der Waals surface area contributed by atoms with Gasteiger partial charge in [-0.1, -0.05) is 12.1 Å². The van der Waals surface area contributed by atoms with Crippen molar-refractivity contribution in [2.24, 2.45) is 0 Å². The fourth-order valence-electron chi connectivity index (χ4n) is 2.71. The molecule has 0 fully saturated rings. The lowest BCUT2D eigenvalue weighted by Crippen LogP contribution is -2.33. The molecule has 0 saturated heterocycles. The van der Waals surface area contributed by atoms with Crippen LogP contribution in [0, 0.1) is 0 Å². The monoisotopic (exact) mass is 379 g/mol. The number of para-hydroxylation sites is 2. The lowest BCUT2D eigenvalue weighted by molar-refractivity contribution is -0.119. The van der Waals surface area contributed by atoms with Crippen molar-refractivity contribution >= 4 is 11.6 Å². The maximum absolute atomic E-state index is 12.7. The van der Waals surface area contributed by atoms with Gasteiger partial charge < -0.3 is 14.8 Å². The van der Waals surface area contributed by atoms with Crippen LogP contribution in [0.2, 0.25) is 0 Å². The summed E-state index contributed by atoms with van der Waals surface area (Å²) in [5, 5.41) is 7.16. The zero-order valence-corrected chi connectivity index (χ0v) is 15.9. The molecule has 7 heteroatoms. The van der Waals surface area contributed by atoms with E-state index in [9.17, 15) is 9.59 Å². The Morgan fingerprint density at radius 2 is 1.71 bits per heavy atom. The average Bonchev–Trinajstić information content (AvgIpc) is 2.74. The molecule has 7 nitrogen and oxygen atoms in total. The topological polar surface area (TPSA) is 82.5 Å². The highest BCUT2D eigenvalue weighted by molar-refractivity contribution is 5.94. The van der Waals surface area contributed by atoms with Gasteiger partial charge in [0.1, 0.15) is 17.5 Å². The molecule has 0 bridgehead atoms. The normalized spacial score (nSPS) is 11.5. The second kappa shape index (κ2) is 8.39. The number of amides is 1. The van der Waals surface area contributed by atoms with Crippen molar-refractivity contribution in [3.8, 4) is 22.8 Å². The van der Waals surface area contributed by atoms with Crippen LogP contribution in [0.15, 0.2) is 65.5 Å². The van der Waals surface area contributed by atoms with Crippen LogP contribution in [-0.4, -0.2) is 29.9 Å². The summed E-state index contributed by atoms with van der Waals surface area (Å²) in [7, 11) is 3.12. The molecule has 28 heavy (non-hydrogen) atoms. The molecule has 1 amide bonds. The van der Waals surface area contributed by atoms with Crippen molar-refractivity contribution in [3.05, 3.63) is 71.0 Å². The second-order valence-electron chi connectivity index (χ2n) is 6.10. The minimum atomic E-state index is -0.810. The number of benzene rings is 2. The number of hydrogen-bond acceptors (Lipinski definition) is 5. The molecule has 2 aromatic carbocycles. The first-order valence-corrected chi connectivity index (χ1v) is 8.71. The van der Waals surface area contributed by atoms with Gasteiger partial charge in [0, 0.05) is 11.6 Å². The minimum Gasteiger partial charge on any atom is -0.497 e.